The molecule has 4 fully saturated rings. The van der Waals surface area contributed by atoms with Crippen LogP contribution < -0.4 is 0 Å². The van der Waals surface area contributed by atoms with Crippen LogP contribution in [-0.2, 0) is 14.3 Å². The maximum atomic E-state index is 12.4. The van der Waals surface area contributed by atoms with Crippen molar-refractivity contribution in [2.45, 2.75) is 64.9 Å². The van der Waals surface area contributed by atoms with Crippen molar-refractivity contribution < 1.29 is 14.3 Å². The number of esters is 1. The minimum atomic E-state index is -0.234. The monoisotopic (exact) mass is 317 g/mol. The third-order valence-corrected chi connectivity index (χ3v) is 7.95. The average Bonchev–Trinajstić information content (AvgIpc) is 3.01. The van der Waals surface area contributed by atoms with Crippen LogP contribution >= 0.6 is 0 Å². The van der Waals surface area contributed by atoms with Crippen molar-refractivity contribution in [2.75, 3.05) is 0 Å². The number of hydrogen-bond donors (Lipinski definition) is 1. The van der Waals surface area contributed by atoms with Crippen LogP contribution in [0.2, 0.25) is 0 Å². The van der Waals surface area contributed by atoms with Crippen molar-refractivity contribution >= 4 is 18.0 Å². The van der Waals surface area contributed by atoms with Crippen LogP contribution in [0.3, 0.4) is 0 Å². The summed E-state index contributed by atoms with van der Waals surface area (Å²) < 4.78 is 5.51. The van der Waals surface area contributed by atoms with Crippen LogP contribution in [0.25, 0.3) is 0 Å². The van der Waals surface area contributed by atoms with Gasteiger partial charge >= 0.3 is 5.97 Å². The van der Waals surface area contributed by atoms with E-state index in [0.29, 0.717) is 24.0 Å². The highest BCUT2D eigenvalue weighted by Crippen LogP contribution is 2.62. The van der Waals surface area contributed by atoms with Gasteiger partial charge in [0.25, 0.3) is 0 Å². The van der Waals surface area contributed by atoms with Crippen LogP contribution in [0.4, 0.5) is 0 Å². The third kappa shape index (κ3) is 1.93. The van der Waals surface area contributed by atoms with Crippen molar-refractivity contribution in [1.82, 2.24) is 0 Å². The van der Waals surface area contributed by atoms with E-state index < -0.39 is 0 Å². The van der Waals surface area contributed by atoms with Gasteiger partial charge in [0.1, 0.15) is 11.9 Å². The van der Waals surface area contributed by atoms with Gasteiger partial charge in [0.2, 0.25) is 0 Å². The number of Topliss-reactive ketones (excluding diaryl/α,β-unsaturated/α-hetero) is 1. The molecule has 0 amide bonds. The lowest BCUT2D eigenvalue weighted by Gasteiger charge is -2.52. The zero-order valence-electron chi connectivity index (χ0n) is 14.1. The molecule has 23 heavy (non-hydrogen) atoms. The Labute approximate surface area is 137 Å². The summed E-state index contributed by atoms with van der Waals surface area (Å²) >= 11 is 0. The lowest BCUT2D eigenvalue weighted by Crippen LogP contribution is -2.51. The van der Waals surface area contributed by atoms with Gasteiger partial charge in [0.05, 0.1) is 5.92 Å². The van der Waals surface area contributed by atoms with Crippen LogP contribution in [-0.4, -0.2) is 24.1 Å². The second-order valence-electron chi connectivity index (χ2n) is 8.77. The zero-order chi connectivity index (χ0) is 16.4. The van der Waals surface area contributed by atoms with Crippen molar-refractivity contribution in [3.05, 3.63) is 0 Å². The summed E-state index contributed by atoms with van der Waals surface area (Å²) in [6.45, 7) is 4.36. The minimum Gasteiger partial charge on any atom is -0.462 e. The van der Waals surface area contributed by atoms with E-state index in [1.807, 2.05) is 0 Å². The first-order chi connectivity index (χ1) is 10.9. The molecule has 0 spiro atoms. The summed E-state index contributed by atoms with van der Waals surface area (Å²) in [5.41, 5.74) is -0.304. The van der Waals surface area contributed by atoms with Gasteiger partial charge < -0.3 is 10.1 Å². The lowest BCUT2D eigenvalue weighted by molar-refractivity contribution is -0.147. The molecule has 1 N–H and O–H groups in total. The number of ketones is 1. The third-order valence-electron chi connectivity index (χ3n) is 7.95. The van der Waals surface area contributed by atoms with Gasteiger partial charge in [-0.25, -0.2) is 0 Å². The number of fused-ring (bicyclic) bond motifs is 3. The molecule has 0 aromatic heterocycles. The number of carbonyl (C=O) groups excluding carboxylic acids is 2. The highest BCUT2D eigenvalue weighted by Gasteiger charge is 2.61. The largest absolute Gasteiger partial charge is 0.462 e. The first-order valence-corrected chi connectivity index (χ1v) is 9.14. The molecule has 4 nitrogen and oxygen atoms in total. The molecule has 0 unspecified atom stereocenters. The number of rotatable bonds is 2. The summed E-state index contributed by atoms with van der Waals surface area (Å²) in [4.78, 5) is 24.7. The fourth-order valence-electron chi connectivity index (χ4n) is 6.43. The Morgan fingerprint density at radius 3 is 2.65 bits per heavy atom. The van der Waals surface area contributed by atoms with Crippen LogP contribution in [0.5, 0.6) is 0 Å². The standard InChI is InChI=1S/C19H27NO3/c1-18(7-5-11-9-15(18)17(22)23-11)14-6-8-19(2)13(12(14)10-20)3-4-16(19)21/h10-15,20H,3-9H2,1-2H3/t11-,12+,13+,14+,15+,18-,19+/m1/s1. The average molecular weight is 317 g/mol. The second-order valence-corrected chi connectivity index (χ2v) is 8.77. The van der Waals surface area contributed by atoms with Gasteiger partial charge in [-0.05, 0) is 62.0 Å². The highest BCUT2D eigenvalue weighted by atomic mass is 16.6. The van der Waals surface area contributed by atoms with Crippen molar-refractivity contribution in [3.63, 3.8) is 0 Å². The van der Waals surface area contributed by atoms with E-state index in [4.69, 9.17) is 10.1 Å². The summed E-state index contributed by atoms with van der Waals surface area (Å²) in [7, 11) is 0. The fourth-order valence-corrected chi connectivity index (χ4v) is 6.43. The molecule has 0 aromatic carbocycles. The molecule has 2 bridgehead atoms. The molecular weight excluding hydrogens is 290 g/mol. The smallest absolute Gasteiger partial charge is 0.309 e. The topological polar surface area (TPSA) is 67.2 Å². The SMILES string of the molecule is C[C@]1([C@H]2CC[C@]3(C)C(=O)CC[C@H]3[C@@H]2C=N)CC[C@@H]2C[C@H]1C(=O)O2. The second kappa shape index (κ2) is 4.90. The normalized spacial score (nSPS) is 52.2. The molecule has 0 radical (unpaired) electrons. The van der Waals surface area contributed by atoms with E-state index in [-0.39, 0.29) is 34.7 Å². The zero-order valence-corrected chi connectivity index (χ0v) is 14.1. The first-order valence-electron chi connectivity index (χ1n) is 9.14. The van der Waals surface area contributed by atoms with E-state index in [2.05, 4.69) is 13.8 Å². The number of ether oxygens (including phenoxy) is 1. The Bertz CT molecular complexity index is 573. The molecule has 4 aliphatic rings. The van der Waals surface area contributed by atoms with Crippen molar-refractivity contribution in [3.8, 4) is 0 Å². The van der Waals surface area contributed by atoms with E-state index in [1.165, 1.54) is 0 Å². The molecule has 3 aliphatic carbocycles. The molecule has 4 heteroatoms. The Hall–Kier alpha value is -1.19. The Morgan fingerprint density at radius 2 is 1.91 bits per heavy atom. The molecule has 4 rings (SSSR count). The van der Waals surface area contributed by atoms with E-state index >= 15 is 0 Å². The van der Waals surface area contributed by atoms with Gasteiger partial charge in [-0.15, -0.1) is 0 Å². The summed E-state index contributed by atoms with van der Waals surface area (Å²) in [5, 5.41) is 8.07. The maximum Gasteiger partial charge on any atom is 0.309 e. The van der Waals surface area contributed by atoms with Crippen molar-refractivity contribution in [1.29, 1.82) is 5.41 Å². The van der Waals surface area contributed by atoms with Crippen molar-refractivity contribution in [2.24, 2.45) is 34.5 Å². The predicted octanol–water partition coefficient (Wildman–Crippen LogP) is 3.38. The van der Waals surface area contributed by atoms with Crippen LogP contribution in [0, 0.1) is 39.9 Å². The molecule has 1 heterocycles. The number of nitrogens with one attached hydrogen (secondary N) is 1. The van der Waals surface area contributed by atoms with Gasteiger partial charge in [0, 0.05) is 17.8 Å². The number of hydrogen-bond acceptors (Lipinski definition) is 4. The quantitative estimate of drug-likeness (QED) is 0.627. The molecule has 1 aliphatic heterocycles. The first kappa shape index (κ1) is 15.3. The van der Waals surface area contributed by atoms with E-state index in [9.17, 15) is 9.59 Å². The molecule has 126 valence electrons. The molecule has 7 atom stereocenters. The minimum absolute atomic E-state index is 0.00448. The van der Waals surface area contributed by atoms with Crippen LogP contribution in [0.1, 0.15) is 58.8 Å². The predicted molar refractivity (Wildman–Crippen MR) is 86.2 cm³/mol. The Kier molecular flexibility index (Phi) is 3.27. The summed E-state index contributed by atoms with van der Waals surface area (Å²) in [6.07, 6.45) is 8.03. The lowest BCUT2D eigenvalue weighted by atomic mass is 9.50. The molecule has 1 saturated heterocycles. The van der Waals surface area contributed by atoms with Gasteiger partial charge in [-0.1, -0.05) is 13.8 Å². The van der Waals surface area contributed by atoms with Gasteiger partial charge in [-0.2, -0.15) is 0 Å². The summed E-state index contributed by atoms with van der Waals surface area (Å²) in [6, 6.07) is 0. The number of carbonyl (C=O) groups is 2. The van der Waals surface area contributed by atoms with E-state index in [0.717, 1.165) is 38.5 Å². The molecular formula is C19H27NO3. The van der Waals surface area contributed by atoms with Crippen LogP contribution in [0.15, 0.2) is 0 Å². The molecule has 0 aromatic rings. The van der Waals surface area contributed by atoms with Gasteiger partial charge in [0.15, 0.2) is 0 Å². The summed E-state index contributed by atoms with van der Waals surface area (Å²) in [5.74, 6) is 1.13. The molecule has 3 saturated carbocycles. The highest BCUT2D eigenvalue weighted by molar-refractivity contribution is 5.88. The van der Waals surface area contributed by atoms with E-state index in [1.54, 1.807) is 6.21 Å². The Balaban J connectivity index is 1.68. The maximum absolute atomic E-state index is 12.4. The fraction of sp³-hybridized carbons (Fsp3) is 0.842. The Morgan fingerprint density at radius 1 is 1.13 bits per heavy atom. The van der Waals surface area contributed by atoms with Gasteiger partial charge in [-0.3, -0.25) is 9.59 Å².